The Labute approximate surface area is 87.3 Å². The van der Waals surface area contributed by atoms with Crippen LogP contribution in [-0.2, 0) is 6.42 Å². The topological polar surface area (TPSA) is 91.8 Å². The Bertz CT molecular complexity index is 380. The van der Waals surface area contributed by atoms with Crippen molar-refractivity contribution in [3.63, 3.8) is 0 Å². The normalized spacial score (nSPS) is 11.8. The lowest BCUT2D eigenvalue weighted by Crippen LogP contribution is -2.19. The Kier molecular flexibility index (Phi) is 3.80. The highest BCUT2D eigenvalue weighted by atomic mass is 16.5. The lowest BCUT2D eigenvalue weighted by Gasteiger charge is -2.00. The van der Waals surface area contributed by atoms with E-state index in [9.17, 15) is 4.79 Å². The minimum absolute atomic E-state index is 0.0247. The first kappa shape index (κ1) is 11.2. The summed E-state index contributed by atoms with van der Waals surface area (Å²) in [6.45, 7) is 1.91. The number of nitrogens with zero attached hydrogens (tertiary/aromatic N) is 3. The first-order valence-electron chi connectivity index (χ1n) is 4.59. The molecule has 6 heteroatoms. The lowest BCUT2D eigenvalue weighted by molar-refractivity contribution is 0.0950. The molecule has 0 saturated carbocycles. The molecule has 0 fully saturated rings. The van der Waals surface area contributed by atoms with Crippen LogP contribution in [0.1, 0.15) is 29.9 Å². The van der Waals surface area contributed by atoms with Crippen LogP contribution in [0.15, 0.2) is 4.52 Å². The zero-order valence-corrected chi connectivity index (χ0v) is 8.65. The van der Waals surface area contributed by atoms with E-state index in [1.165, 1.54) is 7.05 Å². The van der Waals surface area contributed by atoms with Crippen LogP contribution in [-0.4, -0.2) is 23.1 Å². The molecule has 0 spiro atoms. The third-order valence-corrected chi connectivity index (χ3v) is 1.86. The average Bonchev–Trinajstić information content (AvgIpc) is 2.65. The van der Waals surface area contributed by atoms with Crippen molar-refractivity contribution in [1.82, 2.24) is 15.5 Å². The summed E-state index contributed by atoms with van der Waals surface area (Å²) in [5.41, 5.74) is 0. The van der Waals surface area contributed by atoms with E-state index in [1.807, 2.05) is 6.92 Å². The van der Waals surface area contributed by atoms with Crippen molar-refractivity contribution in [2.45, 2.75) is 19.8 Å². The molecule has 1 atom stereocenters. The molecule has 0 saturated heterocycles. The maximum absolute atomic E-state index is 11.1. The zero-order valence-electron chi connectivity index (χ0n) is 8.65. The van der Waals surface area contributed by atoms with E-state index in [4.69, 9.17) is 9.78 Å². The van der Waals surface area contributed by atoms with Crippen LogP contribution in [0.2, 0.25) is 0 Å². The van der Waals surface area contributed by atoms with Crippen molar-refractivity contribution in [2.24, 2.45) is 5.92 Å². The number of rotatable bonds is 4. The Balaban J connectivity index is 2.61. The fourth-order valence-corrected chi connectivity index (χ4v) is 1.07. The summed E-state index contributed by atoms with van der Waals surface area (Å²) in [7, 11) is 1.50. The van der Waals surface area contributed by atoms with Crippen molar-refractivity contribution in [3.8, 4) is 6.07 Å². The predicted octanol–water partition coefficient (Wildman–Crippen LogP) is 0.521. The third-order valence-electron chi connectivity index (χ3n) is 1.86. The van der Waals surface area contributed by atoms with Gasteiger partial charge in [0.15, 0.2) is 0 Å². The molecule has 15 heavy (non-hydrogen) atoms. The van der Waals surface area contributed by atoms with Crippen LogP contribution in [0.25, 0.3) is 0 Å². The van der Waals surface area contributed by atoms with E-state index in [1.54, 1.807) is 0 Å². The van der Waals surface area contributed by atoms with Crippen molar-refractivity contribution < 1.29 is 9.32 Å². The van der Waals surface area contributed by atoms with Gasteiger partial charge in [0, 0.05) is 19.9 Å². The van der Waals surface area contributed by atoms with E-state index >= 15 is 0 Å². The molecular weight excluding hydrogens is 196 g/mol. The smallest absolute Gasteiger partial charge is 0.292 e. The molecule has 0 aromatic carbocycles. The Morgan fingerprint density at radius 2 is 2.47 bits per heavy atom. The van der Waals surface area contributed by atoms with Crippen molar-refractivity contribution in [1.29, 1.82) is 5.26 Å². The Morgan fingerprint density at radius 1 is 1.73 bits per heavy atom. The molecule has 1 aromatic rings. The van der Waals surface area contributed by atoms with Gasteiger partial charge in [-0.05, 0) is 5.92 Å². The van der Waals surface area contributed by atoms with E-state index in [-0.39, 0.29) is 17.6 Å². The van der Waals surface area contributed by atoms with Crippen LogP contribution in [0.3, 0.4) is 0 Å². The largest absolute Gasteiger partial charge is 0.352 e. The summed E-state index contributed by atoms with van der Waals surface area (Å²) in [5, 5.41) is 14.4. The van der Waals surface area contributed by atoms with E-state index in [0.717, 1.165) is 0 Å². The second kappa shape index (κ2) is 5.10. The first-order chi connectivity index (χ1) is 7.17. The van der Waals surface area contributed by atoms with E-state index in [0.29, 0.717) is 18.7 Å². The van der Waals surface area contributed by atoms with Crippen molar-refractivity contribution >= 4 is 5.91 Å². The van der Waals surface area contributed by atoms with Crippen molar-refractivity contribution in [3.05, 3.63) is 11.7 Å². The van der Waals surface area contributed by atoms with Gasteiger partial charge < -0.3 is 9.84 Å². The van der Waals surface area contributed by atoms with Gasteiger partial charge in [-0.1, -0.05) is 12.1 Å². The highest BCUT2D eigenvalue weighted by Crippen LogP contribution is 2.09. The summed E-state index contributed by atoms with van der Waals surface area (Å²) in [6, 6.07) is 2.06. The average molecular weight is 208 g/mol. The van der Waals surface area contributed by atoms with Crippen LogP contribution >= 0.6 is 0 Å². The highest BCUT2D eigenvalue weighted by molar-refractivity contribution is 5.89. The van der Waals surface area contributed by atoms with Gasteiger partial charge in [-0.2, -0.15) is 10.2 Å². The fourth-order valence-electron chi connectivity index (χ4n) is 1.07. The van der Waals surface area contributed by atoms with Crippen LogP contribution in [0, 0.1) is 17.2 Å². The molecule has 1 N–H and O–H groups in total. The number of aromatic nitrogens is 2. The van der Waals surface area contributed by atoms with Gasteiger partial charge in [0.1, 0.15) is 0 Å². The van der Waals surface area contributed by atoms with Gasteiger partial charge in [0.25, 0.3) is 11.7 Å². The summed E-state index contributed by atoms with van der Waals surface area (Å²) in [6.07, 6.45) is 0.940. The molecule has 1 amide bonds. The molecule has 0 aliphatic carbocycles. The second-order valence-electron chi connectivity index (χ2n) is 3.26. The Hall–Kier alpha value is -1.90. The quantitative estimate of drug-likeness (QED) is 0.778. The SMILES string of the molecule is CNC(=O)c1noc(CC(C)CC#N)n1. The number of amides is 1. The summed E-state index contributed by atoms with van der Waals surface area (Å²) in [4.78, 5) is 15.0. The maximum atomic E-state index is 11.1. The van der Waals surface area contributed by atoms with E-state index < -0.39 is 0 Å². The molecule has 1 rings (SSSR count). The van der Waals surface area contributed by atoms with Crippen molar-refractivity contribution in [2.75, 3.05) is 7.05 Å². The van der Waals surface area contributed by atoms with Gasteiger partial charge in [-0.25, -0.2) is 0 Å². The second-order valence-corrected chi connectivity index (χ2v) is 3.26. The number of carbonyl (C=O) groups is 1. The molecule has 0 radical (unpaired) electrons. The van der Waals surface area contributed by atoms with E-state index in [2.05, 4.69) is 21.5 Å². The van der Waals surface area contributed by atoms with Gasteiger partial charge in [-0.15, -0.1) is 0 Å². The number of nitriles is 1. The molecule has 6 nitrogen and oxygen atoms in total. The monoisotopic (exact) mass is 208 g/mol. The molecule has 1 unspecified atom stereocenters. The number of hydrogen-bond acceptors (Lipinski definition) is 5. The third kappa shape index (κ3) is 3.06. The molecule has 0 aliphatic rings. The molecule has 80 valence electrons. The molecule has 0 bridgehead atoms. The summed E-state index contributed by atoms with van der Waals surface area (Å²) < 4.78 is 4.87. The number of carbonyl (C=O) groups excluding carboxylic acids is 1. The van der Waals surface area contributed by atoms with Crippen LogP contribution < -0.4 is 5.32 Å². The van der Waals surface area contributed by atoms with Gasteiger partial charge >= 0.3 is 0 Å². The van der Waals surface area contributed by atoms with Gasteiger partial charge in [0.05, 0.1) is 6.07 Å². The van der Waals surface area contributed by atoms with Gasteiger partial charge in [-0.3, -0.25) is 4.79 Å². The minimum Gasteiger partial charge on any atom is -0.352 e. The first-order valence-corrected chi connectivity index (χ1v) is 4.59. The summed E-state index contributed by atoms with van der Waals surface area (Å²) in [5.74, 6) is 0.180. The minimum atomic E-state index is -0.377. The zero-order chi connectivity index (χ0) is 11.3. The lowest BCUT2D eigenvalue weighted by atomic mass is 10.1. The fraction of sp³-hybridized carbons (Fsp3) is 0.556. The number of nitrogens with one attached hydrogen (secondary N) is 1. The maximum Gasteiger partial charge on any atom is 0.292 e. The molecule has 1 heterocycles. The molecular formula is C9H12N4O2. The highest BCUT2D eigenvalue weighted by Gasteiger charge is 2.14. The molecule has 0 aliphatic heterocycles. The van der Waals surface area contributed by atoms with Gasteiger partial charge in [0.2, 0.25) is 5.89 Å². The Morgan fingerprint density at radius 3 is 3.07 bits per heavy atom. The van der Waals surface area contributed by atoms with Crippen LogP contribution in [0.4, 0.5) is 0 Å². The predicted molar refractivity (Wildman–Crippen MR) is 50.8 cm³/mol. The van der Waals surface area contributed by atoms with Crippen LogP contribution in [0.5, 0.6) is 0 Å². The number of hydrogen-bond donors (Lipinski definition) is 1. The molecule has 1 aromatic heterocycles. The standard InChI is InChI=1S/C9H12N4O2/c1-6(3-4-10)5-7-12-8(13-15-7)9(14)11-2/h6H,3,5H2,1-2H3,(H,11,14). The summed E-state index contributed by atoms with van der Waals surface area (Å²) >= 11 is 0.